The van der Waals surface area contributed by atoms with Gasteiger partial charge in [0.15, 0.2) is 36.0 Å². The van der Waals surface area contributed by atoms with Crippen LogP contribution < -0.4 is 10.6 Å². The Labute approximate surface area is 740 Å². The van der Waals surface area contributed by atoms with Gasteiger partial charge >= 0.3 is 48.0 Å². The predicted octanol–water partition coefficient (Wildman–Crippen LogP) is 9.51. The zero-order chi connectivity index (χ0) is 92.9. The molecule has 5 saturated heterocycles. The molecule has 694 valence electrons. The molecule has 128 heavy (non-hydrogen) atoms. The number of aromatic nitrogens is 2. The van der Waals surface area contributed by atoms with E-state index in [1.165, 1.54) is 51.6 Å². The maximum absolute atomic E-state index is 15.4. The maximum atomic E-state index is 15.4. The number of esters is 6. The summed E-state index contributed by atoms with van der Waals surface area (Å²) in [7, 11) is 1.48. The van der Waals surface area contributed by atoms with Gasteiger partial charge in [-0.3, -0.25) is 24.5 Å². The molecule has 4 aromatic rings. The van der Waals surface area contributed by atoms with Crippen molar-refractivity contribution in [1.29, 1.82) is 0 Å². The first-order valence-electron chi connectivity index (χ1n) is 43.1. The van der Waals surface area contributed by atoms with Crippen molar-refractivity contribution in [3.63, 3.8) is 0 Å². The average molecular weight is 1790 g/mol. The van der Waals surface area contributed by atoms with E-state index in [-0.39, 0.29) is 24.3 Å². The number of ether oxygens (including phenoxy) is 14. The summed E-state index contributed by atoms with van der Waals surface area (Å²) in [6, 6.07) is 17.7. The Kier molecular flexibility index (Phi) is 25.9. The summed E-state index contributed by atoms with van der Waals surface area (Å²) in [5, 5.41) is 60.0. The van der Waals surface area contributed by atoms with Crippen molar-refractivity contribution in [3.05, 3.63) is 166 Å². The Balaban J connectivity index is 0.000000208. The molecule has 24 atom stereocenters. The fraction of sp³-hybridized carbons (Fsp3) is 0.602. The molecule has 7 heterocycles. The van der Waals surface area contributed by atoms with E-state index in [2.05, 4.69) is 37.2 Å². The molecule has 6 N–H and O–H groups in total. The van der Waals surface area contributed by atoms with Gasteiger partial charge in [-0.05, 0) is 158 Å². The number of aliphatic hydroxyl groups excluding tert-OH is 2. The van der Waals surface area contributed by atoms with Crippen molar-refractivity contribution in [2.75, 3.05) is 40.0 Å². The van der Waals surface area contributed by atoms with Crippen LogP contribution >= 0.6 is 0 Å². The van der Waals surface area contributed by atoms with Crippen molar-refractivity contribution < 1.29 is 139 Å². The lowest BCUT2D eigenvalue weighted by atomic mass is 9.45. The fourth-order valence-electron chi connectivity index (χ4n) is 21.9. The number of alkyl carbamates (subject to hydrolysis) is 2. The third-order valence-corrected chi connectivity index (χ3v) is 27.8. The molecule has 11 aliphatic rings. The normalized spacial score (nSPS) is 34.3. The number of carbonyl (C=O) groups excluding carboxylic acids is 8. The smallest absolute Gasteiger partial charge is 0.408 e. The minimum atomic E-state index is -2.26. The Morgan fingerprint density at radius 1 is 0.594 bits per heavy atom. The number of nitrogens with zero attached hydrogens (tertiary/aromatic N) is 4. The number of pyridine rings is 2. The first kappa shape index (κ1) is 94.3. The van der Waals surface area contributed by atoms with E-state index in [1.54, 1.807) is 144 Å². The molecular formula is C93H116F2N6O27. The van der Waals surface area contributed by atoms with Gasteiger partial charge in [0, 0.05) is 73.8 Å². The lowest BCUT2D eigenvalue weighted by Crippen LogP contribution is -2.79. The summed E-state index contributed by atoms with van der Waals surface area (Å²) in [6.07, 6.45) is -14.0. The number of amides is 2. The van der Waals surface area contributed by atoms with Gasteiger partial charge in [0.1, 0.15) is 113 Å². The summed E-state index contributed by atoms with van der Waals surface area (Å²) in [5.74, 6) is -9.23. The van der Waals surface area contributed by atoms with Crippen molar-refractivity contribution in [3.8, 4) is 0 Å². The number of carbonyl (C=O) groups is 8. The molecule has 5 aliphatic heterocycles. The van der Waals surface area contributed by atoms with Gasteiger partial charge in [0.2, 0.25) is 0 Å². The van der Waals surface area contributed by atoms with Crippen LogP contribution in [-0.4, -0.2) is 248 Å². The second kappa shape index (κ2) is 35.1. The van der Waals surface area contributed by atoms with E-state index in [9.17, 15) is 58.8 Å². The molecule has 0 radical (unpaired) electrons. The number of benzene rings is 2. The Morgan fingerprint density at radius 3 is 1.37 bits per heavy atom. The number of hydrogen-bond acceptors (Lipinski definition) is 31. The molecule has 35 heteroatoms. The zero-order valence-corrected chi connectivity index (χ0v) is 74.9. The molecule has 0 unspecified atom stereocenters. The van der Waals surface area contributed by atoms with Crippen molar-refractivity contribution >= 4 is 53.7 Å². The predicted molar refractivity (Wildman–Crippen MR) is 446 cm³/mol. The number of aliphatic hydroxyl groups is 4. The van der Waals surface area contributed by atoms with Crippen molar-refractivity contribution in [2.24, 2.45) is 38.7 Å². The fourth-order valence-corrected chi connectivity index (χ4v) is 21.9. The molecule has 2 aromatic heterocycles. The van der Waals surface area contributed by atoms with Crippen LogP contribution in [0.1, 0.15) is 193 Å². The molecule has 2 amide bonds. The molecule has 4 saturated carbocycles. The highest BCUT2D eigenvalue weighted by Crippen LogP contribution is 2.70. The van der Waals surface area contributed by atoms with Gasteiger partial charge < -0.3 is 102 Å². The van der Waals surface area contributed by atoms with Crippen molar-refractivity contribution in [2.45, 2.75) is 281 Å². The molecule has 9 fully saturated rings. The minimum absolute atomic E-state index is 0.0705. The summed E-state index contributed by atoms with van der Waals surface area (Å²) in [6.45, 7) is 31.8. The monoisotopic (exact) mass is 1790 g/mol. The number of oxime groups is 1. The van der Waals surface area contributed by atoms with Crippen LogP contribution in [-0.2, 0) is 90.3 Å². The largest absolute Gasteiger partial charge is 0.456 e. The second-order valence-electron chi connectivity index (χ2n) is 38.8. The van der Waals surface area contributed by atoms with Gasteiger partial charge in [-0.15, -0.1) is 0 Å². The third-order valence-electron chi connectivity index (χ3n) is 27.8. The van der Waals surface area contributed by atoms with Gasteiger partial charge in [-0.25, -0.2) is 37.5 Å². The van der Waals surface area contributed by atoms with Crippen LogP contribution in [0.4, 0.5) is 18.4 Å². The average Bonchev–Trinajstić information content (AvgIpc) is 1.13. The van der Waals surface area contributed by atoms with E-state index < -0.39 is 249 Å². The molecule has 2 aromatic carbocycles. The highest BCUT2D eigenvalue weighted by Gasteiger charge is 2.80. The van der Waals surface area contributed by atoms with Crippen LogP contribution in [0.25, 0.3) is 0 Å². The van der Waals surface area contributed by atoms with Crippen molar-refractivity contribution in [1.82, 2.24) is 25.5 Å². The Morgan fingerprint density at radius 2 is 1.00 bits per heavy atom. The van der Waals surface area contributed by atoms with Crippen LogP contribution in [0.3, 0.4) is 0 Å². The van der Waals surface area contributed by atoms with E-state index in [1.807, 2.05) is 13.8 Å². The summed E-state index contributed by atoms with van der Waals surface area (Å²) < 4.78 is 119. The van der Waals surface area contributed by atoms with Crippen LogP contribution in [0.15, 0.2) is 137 Å². The number of nitrogens with one attached hydrogen (secondary N) is 2. The van der Waals surface area contributed by atoms with Gasteiger partial charge in [0.05, 0.1) is 60.6 Å². The number of hydrogen-bond donors (Lipinski definition) is 6. The third kappa shape index (κ3) is 17.0. The second-order valence-corrected chi connectivity index (χ2v) is 38.8. The first-order chi connectivity index (χ1) is 60.1. The van der Waals surface area contributed by atoms with Crippen LogP contribution in [0, 0.1) is 45.1 Å². The quantitative estimate of drug-likeness (QED) is 0.0207. The summed E-state index contributed by atoms with van der Waals surface area (Å²) in [5.41, 5.74) is -11.7. The molecule has 15 rings (SSSR count). The Hall–Kier alpha value is -9.79. The first-order valence-corrected chi connectivity index (χ1v) is 43.1. The molecular weight excluding hydrogens is 1670 g/mol. The number of halogens is 2. The van der Waals surface area contributed by atoms with E-state index >= 15 is 8.78 Å². The van der Waals surface area contributed by atoms with Crippen LogP contribution in [0.5, 0.6) is 0 Å². The lowest BCUT2D eigenvalue weighted by molar-refractivity contribution is -0.345. The topological polar surface area (TPSA) is 421 Å². The molecule has 4 bridgehead atoms. The van der Waals surface area contributed by atoms with Crippen LogP contribution in [0.2, 0.25) is 0 Å². The van der Waals surface area contributed by atoms with E-state index in [4.69, 9.17) is 71.2 Å². The highest BCUT2D eigenvalue weighted by atomic mass is 19.1. The molecule has 6 aliphatic carbocycles. The number of likely N-dealkylation sites (tertiary alicyclic amines) is 1. The summed E-state index contributed by atoms with van der Waals surface area (Å²) in [4.78, 5) is 125. The zero-order valence-electron chi connectivity index (χ0n) is 74.9. The van der Waals surface area contributed by atoms with Gasteiger partial charge in [-0.1, -0.05) is 89.7 Å². The number of rotatable bonds is 20. The number of fused-ring (bicyclic) bond motifs is 16. The van der Waals surface area contributed by atoms with Gasteiger partial charge in [-0.2, -0.15) is 0 Å². The maximum Gasteiger partial charge on any atom is 0.408 e. The Bertz CT molecular complexity index is 5030. The SMILES string of the molecule is C=C[C@@H]1O[C@@H]2C3=C(C)[C@@H](OC(=O)[C@H](O)[C@@H](NC(=O)OC(C)(C)C)c4ncccc4F)C[C@@](O)([C@@H](OC(=O)c4ccccc4)[C@H]4[C@@](C)(CC[C@H]5OC[C@]54OC(C)=O)[C@@H]2O1)C3(C)C.CON=C1CN(C[C@@H]2O[C@@H]3C4=C(C)[C@@H](OC(=O)[C@H](O)[C@@H](NC(=O)OC(C)(C)C)c5ncccc5F)C[C@@](O)([C@@H](OC(=O)c5ccccc5)[C@H]5[C@@](C)(CC[C@H]6OC[C@]65OC(C)=O)[C@@H]3O2)C4(C)C)C1. The summed E-state index contributed by atoms with van der Waals surface area (Å²) >= 11 is 0. The molecule has 0 spiro atoms. The highest BCUT2D eigenvalue weighted by molar-refractivity contribution is 5.93. The standard InChI is InChI=1S/C48H61FN4O14.C45H55FN2O13/c1-25-30(62-42(57)36(55)35(34-29(49)16-13-19-50-34)51-43(58)67-44(3,4)5)20-48(59)40(65-41(56)27-14-11-10-12-15-27)38-46(8,18-17-31-47(38,24-61-31)66-26(2)54)39-37(33(25)45(48,6)7)63-32(64-39)23-53-21-28(22-53)52-60-9;1-10-29-57-34-30-23(2)27(56-39(52)33(50)32(31-26(46)17-14-20-47-31)48-40(53)61-41(4,5)6)21-45(54,42(30,7)8)37(59-38(51)25-15-12-11-13-16-25)35-43(9,36(34)58-29)19-18-28-44(35,22-55-28)60-24(3)49/h10-16,19,30-32,35-40,55,59H,17-18,20-24H2,1-9H3,(H,51,58);10-17,20,27-29,32-37,50,54H,1,18-19,21-22H2,2-9H3,(H,48,53)/t30-,31+,32+,35-,36+,37+,38-,39+,40-,46+,47-,48+;27-,28+,29+,32-,33+,34+,35-,36+,37-,43+,44-,45+/m00/s1. The van der Waals surface area contributed by atoms with Gasteiger partial charge in [0.25, 0.3) is 0 Å². The lowest BCUT2D eigenvalue weighted by Gasteiger charge is -2.68. The van der Waals surface area contributed by atoms with E-state index in [0.29, 0.717) is 67.6 Å². The molecule has 33 nitrogen and oxygen atoms in total. The van der Waals surface area contributed by atoms with E-state index in [0.717, 1.165) is 17.8 Å². The minimum Gasteiger partial charge on any atom is -0.456 e.